The highest BCUT2D eigenvalue weighted by molar-refractivity contribution is 7.81. The monoisotopic (exact) mass is 634 g/mol. The zero-order valence-corrected chi connectivity index (χ0v) is 23.1. The standard InChI is InChI=1S/C30H18O14S/c31-14-4-1-12(2-5-14)22-11-21(36)25-20(35)10-19(34)24(30(25)42-22)16-7-13(3-6-17(16)32)29-28(38)27(37)26-18(33)8-15(9-23(26)43-29)44-45(39,40)41/h1-11,31-35,38H,(H,39,40,41). The molecule has 2 aromatic heterocycles. The molecule has 0 aliphatic heterocycles. The number of aromatic hydroxyl groups is 6. The molecule has 0 atom stereocenters. The molecule has 0 aliphatic rings. The highest BCUT2D eigenvalue weighted by atomic mass is 32.3. The summed E-state index contributed by atoms with van der Waals surface area (Å²) in [6.07, 6.45) is 0. The molecule has 6 rings (SSSR count). The second kappa shape index (κ2) is 10.2. The molecule has 14 nitrogen and oxygen atoms in total. The minimum absolute atomic E-state index is 0.0183. The van der Waals surface area contributed by atoms with Crippen molar-refractivity contribution in [1.82, 2.24) is 0 Å². The first-order valence-corrected chi connectivity index (χ1v) is 13.9. The highest BCUT2D eigenvalue weighted by Gasteiger charge is 2.25. The first kappa shape index (κ1) is 28.9. The van der Waals surface area contributed by atoms with Crippen LogP contribution in [0.2, 0.25) is 0 Å². The molecule has 0 fully saturated rings. The summed E-state index contributed by atoms with van der Waals surface area (Å²) in [4.78, 5) is 26.1. The molecule has 0 spiro atoms. The Morgan fingerprint density at radius 1 is 0.667 bits per heavy atom. The van der Waals surface area contributed by atoms with Crippen molar-refractivity contribution < 1.29 is 56.6 Å². The Kier molecular flexibility index (Phi) is 6.56. The maximum absolute atomic E-state index is 13.1. The van der Waals surface area contributed by atoms with Crippen molar-refractivity contribution in [2.24, 2.45) is 0 Å². The van der Waals surface area contributed by atoms with Crippen LogP contribution < -0.4 is 15.0 Å². The Labute approximate surface area is 250 Å². The van der Waals surface area contributed by atoms with Crippen molar-refractivity contribution in [3.8, 4) is 74.0 Å². The lowest BCUT2D eigenvalue weighted by molar-refractivity contribution is 0.385. The zero-order valence-electron chi connectivity index (χ0n) is 22.2. The SMILES string of the molecule is O=c1c(O)c(-c2ccc(O)c(-c3c(O)cc(O)c4c(=O)cc(-c5ccc(O)cc5)oc34)c2)oc2cc(OS(=O)(=O)O)cc(O)c12. The average Bonchev–Trinajstić information content (AvgIpc) is 2.94. The van der Waals surface area contributed by atoms with E-state index < -0.39 is 72.5 Å². The van der Waals surface area contributed by atoms with Gasteiger partial charge < -0.3 is 43.7 Å². The van der Waals surface area contributed by atoms with Crippen molar-refractivity contribution in [3.63, 3.8) is 0 Å². The van der Waals surface area contributed by atoms with Gasteiger partial charge in [0.15, 0.2) is 22.5 Å². The lowest BCUT2D eigenvalue weighted by atomic mass is 9.96. The summed E-state index contributed by atoms with van der Waals surface area (Å²) in [7, 11) is -5.03. The third-order valence-electron chi connectivity index (χ3n) is 6.77. The fraction of sp³-hybridized carbons (Fsp3) is 0. The predicted molar refractivity (Wildman–Crippen MR) is 157 cm³/mol. The molecule has 0 saturated heterocycles. The molecule has 0 aliphatic carbocycles. The van der Waals surface area contributed by atoms with Gasteiger partial charge in [-0.05, 0) is 42.5 Å². The van der Waals surface area contributed by atoms with E-state index in [1.54, 1.807) is 0 Å². The number of hydrogen-bond acceptors (Lipinski definition) is 13. The Hall–Kier alpha value is -6.19. The van der Waals surface area contributed by atoms with Crippen LogP contribution in [-0.4, -0.2) is 43.6 Å². The second-order valence-corrected chi connectivity index (χ2v) is 10.7. The van der Waals surface area contributed by atoms with Crippen LogP contribution in [0.5, 0.6) is 40.2 Å². The minimum Gasteiger partial charge on any atom is -0.508 e. The van der Waals surface area contributed by atoms with Crippen LogP contribution in [-0.2, 0) is 10.4 Å². The summed E-state index contributed by atoms with van der Waals surface area (Å²) >= 11 is 0. The lowest BCUT2D eigenvalue weighted by Crippen LogP contribution is -2.08. The average molecular weight is 635 g/mol. The van der Waals surface area contributed by atoms with Gasteiger partial charge in [0.25, 0.3) is 0 Å². The number of phenolic OH excluding ortho intramolecular Hbond substituents is 5. The molecule has 0 amide bonds. The molecule has 0 radical (unpaired) electrons. The van der Waals surface area contributed by atoms with E-state index in [-0.39, 0.29) is 39.2 Å². The summed E-state index contributed by atoms with van der Waals surface area (Å²) in [5, 5.41) is 62.0. The summed E-state index contributed by atoms with van der Waals surface area (Å²) in [6.45, 7) is 0. The molecule has 2 heterocycles. The molecule has 4 aromatic carbocycles. The Morgan fingerprint density at radius 3 is 2.02 bits per heavy atom. The molecule has 7 N–H and O–H groups in total. The molecule has 0 bridgehead atoms. The van der Waals surface area contributed by atoms with E-state index >= 15 is 0 Å². The van der Waals surface area contributed by atoms with Crippen molar-refractivity contribution in [1.29, 1.82) is 0 Å². The van der Waals surface area contributed by atoms with E-state index in [4.69, 9.17) is 13.4 Å². The van der Waals surface area contributed by atoms with E-state index in [2.05, 4.69) is 4.18 Å². The van der Waals surface area contributed by atoms with Crippen molar-refractivity contribution in [2.75, 3.05) is 0 Å². The summed E-state index contributed by atoms with van der Waals surface area (Å²) in [5.41, 5.74) is -2.91. The van der Waals surface area contributed by atoms with Crippen LogP contribution in [0.1, 0.15) is 0 Å². The van der Waals surface area contributed by atoms with Crippen molar-refractivity contribution >= 4 is 32.3 Å². The molecule has 0 saturated carbocycles. The minimum atomic E-state index is -5.03. The third-order valence-corrected chi connectivity index (χ3v) is 7.17. The maximum Gasteiger partial charge on any atom is 0.446 e. The normalized spacial score (nSPS) is 11.7. The van der Waals surface area contributed by atoms with Gasteiger partial charge in [-0.1, -0.05) is 0 Å². The number of benzene rings is 4. The number of rotatable bonds is 5. The highest BCUT2D eigenvalue weighted by Crippen LogP contribution is 2.46. The van der Waals surface area contributed by atoms with Gasteiger partial charge in [0.2, 0.25) is 11.2 Å². The van der Waals surface area contributed by atoms with Gasteiger partial charge in [-0.25, -0.2) is 0 Å². The molecular formula is C30H18O14S. The van der Waals surface area contributed by atoms with Crippen LogP contribution >= 0.6 is 0 Å². The quantitative estimate of drug-likeness (QED) is 0.131. The molecule has 228 valence electrons. The van der Waals surface area contributed by atoms with Crippen LogP contribution in [0.25, 0.3) is 55.7 Å². The summed E-state index contributed by atoms with van der Waals surface area (Å²) in [6, 6.07) is 12.5. The predicted octanol–water partition coefficient (Wildman–Crippen LogP) is 4.32. The van der Waals surface area contributed by atoms with Crippen molar-refractivity contribution in [3.05, 3.63) is 87.2 Å². The molecule has 0 unspecified atom stereocenters. The smallest absolute Gasteiger partial charge is 0.446 e. The first-order chi connectivity index (χ1) is 21.2. The molecule has 15 heteroatoms. The Bertz CT molecular complexity index is 2420. The van der Waals surface area contributed by atoms with Crippen LogP contribution in [0.4, 0.5) is 0 Å². The third kappa shape index (κ3) is 5.07. The number of phenols is 5. The molecule has 6 aromatic rings. The van der Waals surface area contributed by atoms with E-state index in [1.165, 1.54) is 30.3 Å². The summed E-state index contributed by atoms with van der Waals surface area (Å²) < 4.78 is 47.2. The largest absolute Gasteiger partial charge is 0.508 e. The van der Waals surface area contributed by atoms with E-state index in [0.29, 0.717) is 11.6 Å². The Balaban J connectivity index is 1.60. The van der Waals surface area contributed by atoms with E-state index in [9.17, 15) is 48.6 Å². The fourth-order valence-electron chi connectivity index (χ4n) is 4.84. The van der Waals surface area contributed by atoms with Gasteiger partial charge in [0.1, 0.15) is 50.9 Å². The fourth-order valence-corrected chi connectivity index (χ4v) is 5.18. The molecule has 45 heavy (non-hydrogen) atoms. The lowest BCUT2D eigenvalue weighted by Gasteiger charge is -2.14. The second-order valence-electron chi connectivity index (χ2n) is 9.68. The number of fused-ring (bicyclic) bond motifs is 2. The maximum atomic E-state index is 13.1. The first-order valence-electron chi connectivity index (χ1n) is 12.6. The van der Waals surface area contributed by atoms with E-state index in [1.807, 2.05) is 0 Å². The van der Waals surface area contributed by atoms with Gasteiger partial charge in [-0.15, -0.1) is 0 Å². The van der Waals surface area contributed by atoms with Gasteiger partial charge in [0.05, 0.1) is 5.56 Å². The zero-order chi connectivity index (χ0) is 32.4. The van der Waals surface area contributed by atoms with Crippen LogP contribution in [0.15, 0.2) is 85.2 Å². The van der Waals surface area contributed by atoms with Crippen LogP contribution in [0, 0.1) is 0 Å². The van der Waals surface area contributed by atoms with Crippen LogP contribution in [0.3, 0.4) is 0 Å². The Morgan fingerprint density at radius 2 is 1.33 bits per heavy atom. The molecular weight excluding hydrogens is 616 g/mol. The van der Waals surface area contributed by atoms with Gasteiger partial charge >= 0.3 is 10.4 Å². The van der Waals surface area contributed by atoms with Gasteiger partial charge in [0, 0.05) is 41.0 Å². The topological polar surface area (TPSA) is 245 Å². The summed E-state index contributed by atoms with van der Waals surface area (Å²) in [5.74, 6) is -4.83. The van der Waals surface area contributed by atoms with E-state index in [0.717, 1.165) is 30.3 Å². The van der Waals surface area contributed by atoms with Gasteiger partial charge in [-0.3, -0.25) is 14.1 Å². The number of hydrogen-bond donors (Lipinski definition) is 7. The van der Waals surface area contributed by atoms with Gasteiger partial charge in [-0.2, -0.15) is 8.42 Å². The van der Waals surface area contributed by atoms with Crippen molar-refractivity contribution in [2.45, 2.75) is 0 Å².